The third-order valence-electron chi connectivity index (χ3n) is 7.92. The minimum atomic E-state index is -1.01. The van der Waals surface area contributed by atoms with Crippen LogP contribution >= 0.6 is 0 Å². The molecule has 1 aromatic carbocycles. The topological polar surface area (TPSA) is 96.0 Å². The molecule has 0 radical (unpaired) electrons. The smallest absolute Gasteiger partial charge is 0.309 e. The van der Waals surface area contributed by atoms with E-state index in [0.717, 1.165) is 5.56 Å². The molecule has 7 atom stereocenters. The first-order chi connectivity index (χ1) is 15.3. The molecule has 32 heavy (non-hydrogen) atoms. The van der Waals surface area contributed by atoms with Crippen LogP contribution in [0.5, 0.6) is 0 Å². The average Bonchev–Trinajstić information content (AvgIpc) is 2.80. The lowest BCUT2D eigenvalue weighted by atomic mass is 9.46. The first-order valence-corrected chi connectivity index (χ1v) is 11.4. The summed E-state index contributed by atoms with van der Waals surface area (Å²) in [6.45, 7) is 3.24. The predicted molar refractivity (Wildman–Crippen MR) is 113 cm³/mol. The largest absolute Gasteiger partial charge is 0.469 e. The van der Waals surface area contributed by atoms with E-state index in [1.54, 1.807) is 0 Å². The zero-order valence-corrected chi connectivity index (χ0v) is 18.7. The van der Waals surface area contributed by atoms with Gasteiger partial charge in [0, 0.05) is 19.3 Å². The van der Waals surface area contributed by atoms with Gasteiger partial charge in [-0.3, -0.25) is 19.2 Å². The van der Waals surface area contributed by atoms with Crippen LogP contribution in [-0.4, -0.2) is 36.9 Å². The second-order valence-corrected chi connectivity index (χ2v) is 9.26. The Morgan fingerprint density at radius 2 is 1.88 bits per heavy atom. The highest BCUT2D eigenvalue weighted by Crippen LogP contribution is 2.61. The Balaban J connectivity index is 1.76. The highest BCUT2D eigenvalue weighted by Gasteiger charge is 2.64. The van der Waals surface area contributed by atoms with E-state index in [1.807, 2.05) is 37.3 Å². The van der Waals surface area contributed by atoms with E-state index in [-0.39, 0.29) is 24.1 Å². The van der Waals surface area contributed by atoms with Gasteiger partial charge >= 0.3 is 17.9 Å². The molecule has 0 amide bonds. The van der Waals surface area contributed by atoms with Crippen molar-refractivity contribution in [3.8, 4) is 0 Å². The lowest BCUT2D eigenvalue weighted by molar-refractivity contribution is -0.197. The molecular weight excluding hydrogens is 412 g/mol. The summed E-state index contributed by atoms with van der Waals surface area (Å²) in [6.07, 6.45) is 0.889. The summed E-state index contributed by atoms with van der Waals surface area (Å²) in [4.78, 5) is 51.3. The minimum absolute atomic E-state index is 0.124. The molecule has 0 N–H and O–H groups in total. The van der Waals surface area contributed by atoms with Gasteiger partial charge in [0.2, 0.25) is 0 Å². The molecule has 4 rings (SSSR count). The van der Waals surface area contributed by atoms with Gasteiger partial charge in [-0.2, -0.15) is 0 Å². The van der Waals surface area contributed by atoms with E-state index >= 15 is 0 Å². The van der Waals surface area contributed by atoms with Gasteiger partial charge in [-0.25, -0.2) is 0 Å². The van der Waals surface area contributed by atoms with Gasteiger partial charge in [0.1, 0.15) is 6.10 Å². The van der Waals surface area contributed by atoms with Crippen molar-refractivity contribution < 1.29 is 33.4 Å². The van der Waals surface area contributed by atoms with Gasteiger partial charge in [-0.1, -0.05) is 37.3 Å². The zero-order chi connectivity index (χ0) is 23.0. The van der Waals surface area contributed by atoms with Gasteiger partial charge in [0.05, 0.1) is 18.9 Å². The standard InChI is InChI=1S/C25H30O7/c1-4-25-11-10-16-17(12-19(32-23(16)28)15-8-6-5-7-9-15)21(25)22(27)20(31-14(2)26)13-18(25)24(29)30-3/h5-9,16-21H,4,10-13H2,1-3H3/t16-,17+,18+,19-,20+,21+,25+/m1/s1. The number of carbonyl (C=O) groups is 4. The number of benzene rings is 1. The summed E-state index contributed by atoms with van der Waals surface area (Å²) in [6, 6.07) is 9.50. The van der Waals surface area contributed by atoms with Crippen molar-refractivity contribution in [3.63, 3.8) is 0 Å². The first-order valence-electron chi connectivity index (χ1n) is 11.4. The maximum absolute atomic E-state index is 13.7. The Bertz CT molecular complexity index is 910. The number of rotatable bonds is 4. The van der Waals surface area contributed by atoms with Crippen LogP contribution in [-0.2, 0) is 33.4 Å². The van der Waals surface area contributed by atoms with Crippen LogP contribution in [0.1, 0.15) is 57.6 Å². The molecule has 0 unspecified atom stereocenters. The number of ketones is 1. The second-order valence-electron chi connectivity index (χ2n) is 9.26. The highest BCUT2D eigenvalue weighted by molar-refractivity contribution is 5.92. The predicted octanol–water partition coefficient (Wildman–Crippen LogP) is 3.41. The summed E-state index contributed by atoms with van der Waals surface area (Å²) in [7, 11) is 1.34. The van der Waals surface area contributed by atoms with Crippen molar-refractivity contribution in [3.05, 3.63) is 35.9 Å². The molecule has 172 valence electrons. The van der Waals surface area contributed by atoms with Crippen molar-refractivity contribution in [2.24, 2.45) is 29.1 Å². The molecule has 1 aromatic rings. The van der Waals surface area contributed by atoms with Crippen LogP contribution in [0.25, 0.3) is 0 Å². The summed E-state index contributed by atoms with van der Waals surface area (Å²) in [5.74, 6) is -3.26. The lowest BCUT2D eigenvalue weighted by Gasteiger charge is -2.57. The van der Waals surface area contributed by atoms with Gasteiger partial charge < -0.3 is 14.2 Å². The Hall–Kier alpha value is -2.70. The van der Waals surface area contributed by atoms with Crippen molar-refractivity contribution >= 4 is 23.7 Å². The number of hydrogen-bond acceptors (Lipinski definition) is 7. The molecular formula is C25H30O7. The van der Waals surface area contributed by atoms with E-state index in [1.165, 1.54) is 14.0 Å². The summed E-state index contributed by atoms with van der Waals surface area (Å²) in [5.41, 5.74) is 0.261. The van der Waals surface area contributed by atoms with Crippen LogP contribution in [0.2, 0.25) is 0 Å². The molecule has 0 bridgehead atoms. The van der Waals surface area contributed by atoms with E-state index in [2.05, 4.69) is 0 Å². The Morgan fingerprint density at radius 3 is 2.50 bits per heavy atom. The third kappa shape index (κ3) is 3.61. The van der Waals surface area contributed by atoms with E-state index in [0.29, 0.717) is 25.7 Å². The first kappa shape index (κ1) is 22.5. The molecule has 1 aliphatic heterocycles. The maximum atomic E-state index is 13.7. The molecule has 0 spiro atoms. The fourth-order valence-electron chi connectivity index (χ4n) is 6.51. The van der Waals surface area contributed by atoms with Crippen molar-refractivity contribution in [2.45, 2.75) is 58.2 Å². The molecule has 7 nitrogen and oxygen atoms in total. The third-order valence-corrected chi connectivity index (χ3v) is 7.92. The number of esters is 3. The fourth-order valence-corrected chi connectivity index (χ4v) is 6.51. The van der Waals surface area contributed by atoms with Gasteiger partial charge in [0.15, 0.2) is 11.9 Å². The lowest BCUT2D eigenvalue weighted by Crippen LogP contribution is -2.61. The van der Waals surface area contributed by atoms with Gasteiger partial charge in [0.25, 0.3) is 0 Å². The Labute approximate surface area is 187 Å². The molecule has 2 saturated carbocycles. The Kier molecular flexibility index (Phi) is 6.10. The summed E-state index contributed by atoms with van der Waals surface area (Å²) in [5, 5.41) is 0. The van der Waals surface area contributed by atoms with Crippen molar-refractivity contribution in [2.75, 3.05) is 7.11 Å². The number of cyclic esters (lactones) is 1. The molecule has 0 aromatic heterocycles. The van der Waals surface area contributed by atoms with Crippen LogP contribution in [0.3, 0.4) is 0 Å². The molecule has 2 aliphatic carbocycles. The monoisotopic (exact) mass is 442 g/mol. The van der Waals surface area contributed by atoms with E-state index < -0.39 is 47.3 Å². The molecule has 3 fully saturated rings. The highest BCUT2D eigenvalue weighted by atomic mass is 16.6. The normalized spacial score (nSPS) is 36.3. The Morgan fingerprint density at radius 1 is 1.16 bits per heavy atom. The number of Topliss-reactive ketones (excluding diaryl/α,β-unsaturated/α-hetero) is 1. The van der Waals surface area contributed by atoms with Crippen molar-refractivity contribution in [1.82, 2.24) is 0 Å². The summed E-state index contributed by atoms with van der Waals surface area (Å²) >= 11 is 0. The molecule has 1 saturated heterocycles. The van der Waals surface area contributed by atoms with E-state index in [9.17, 15) is 19.2 Å². The van der Waals surface area contributed by atoms with Crippen LogP contribution in [0.15, 0.2) is 30.3 Å². The number of ether oxygens (including phenoxy) is 3. The van der Waals surface area contributed by atoms with Gasteiger partial charge in [-0.15, -0.1) is 0 Å². The second kappa shape index (κ2) is 8.68. The number of methoxy groups -OCH3 is 1. The van der Waals surface area contributed by atoms with Crippen LogP contribution in [0.4, 0.5) is 0 Å². The minimum Gasteiger partial charge on any atom is -0.469 e. The molecule has 7 heteroatoms. The van der Waals surface area contributed by atoms with Crippen LogP contribution < -0.4 is 0 Å². The number of hydrogen-bond donors (Lipinski definition) is 0. The molecule has 1 heterocycles. The number of carbonyl (C=O) groups excluding carboxylic acids is 4. The van der Waals surface area contributed by atoms with Crippen molar-refractivity contribution in [1.29, 1.82) is 0 Å². The number of fused-ring (bicyclic) bond motifs is 3. The maximum Gasteiger partial charge on any atom is 0.309 e. The van der Waals surface area contributed by atoms with Gasteiger partial charge in [-0.05, 0) is 42.6 Å². The summed E-state index contributed by atoms with van der Waals surface area (Å²) < 4.78 is 16.3. The van der Waals surface area contributed by atoms with Crippen LogP contribution in [0, 0.1) is 29.1 Å². The fraction of sp³-hybridized carbons (Fsp3) is 0.600. The quantitative estimate of drug-likeness (QED) is 0.521. The SMILES string of the molecule is CC[C@@]12CC[C@H]3C(=O)O[C@@H](c4ccccc4)C[C@@H]3[C@H]1C(=O)[C@@H](OC(C)=O)C[C@H]2C(=O)OC. The zero-order valence-electron chi connectivity index (χ0n) is 18.7. The molecule has 3 aliphatic rings. The average molecular weight is 443 g/mol. The van der Waals surface area contributed by atoms with E-state index in [4.69, 9.17) is 14.2 Å².